The van der Waals surface area contributed by atoms with E-state index >= 15 is 0 Å². The molecule has 1 saturated heterocycles. The van der Waals surface area contributed by atoms with E-state index in [0.717, 1.165) is 55.2 Å². The molecule has 1 fully saturated rings. The summed E-state index contributed by atoms with van der Waals surface area (Å²) in [4.78, 5) is 34.7. The molecule has 0 aromatic carbocycles. The SMILES string of the molecule is CCCCCCn1c(SCC(=O)N(C)C2CCS(=O)(=O)C2)nc2sc3c(c2c1=O)CCC3. The van der Waals surface area contributed by atoms with Gasteiger partial charge in [-0.15, -0.1) is 11.3 Å². The van der Waals surface area contributed by atoms with Crippen LogP contribution in [0.4, 0.5) is 0 Å². The van der Waals surface area contributed by atoms with E-state index in [2.05, 4.69) is 6.92 Å². The molecule has 0 saturated carbocycles. The molecule has 2 aromatic rings. The molecule has 1 aliphatic carbocycles. The number of fused-ring (bicyclic) bond motifs is 3. The average molecular weight is 498 g/mol. The van der Waals surface area contributed by atoms with E-state index in [1.165, 1.54) is 22.2 Å². The lowest BCUT2D eigenvalue weighted by molar-refractivity contribution is -0.128. The second-order valence-corrected chi connectivity index (χ2v) is 13.1. The third-order valence-corrected chi connectivity index (χ3v) is 10.4. The van der Waals surface area contributed by atoms with Crippen LogP contribution in [0, 0.1) is 0 Å². The minimum absolute atomic E-state index is 0.0242. The van der Waals surface area contributed by atoms with Crippen LogP contribution in [0.5, 0.6) is 0 Å². The van der Waals surface area contributed by atoms with E-state index < -0.39 is 9.84 Å². The highest BCUT2D eigenvalue weighted by atomic mass is 32.2. The number of rotatable bonds is 9. The number of aryl methyl sites for hydroxylation is 2. The third kappa shape index (κ3) is 4.92. The van der Waals surface area contributed by atoms with Crippen molar-refractivity contribution < 1.29 is 13.2 Å². The molecule has 2 aliphatic rings. The van der Waals surface area contributed by atoms with Crippen LogP contribution in [-0.2, 0) is 34.0 Å². The van der Waals surface area contributed by atoms with Gasteiger partial charge in [-0.25, -0.2) is 13.4 Å². The van der Waals surface area contributed by atoms with Crippen LogP contribution >= 0.6 is 23.1 Å². The Hall–Kier alpha value is -1.39. The Labute approximate surface area is 197 Å². The number of amides is 1. The topological polar surface area (TPSA) is 89.3 Å². The predicted molar refractivity (Wildman–Crippen MR) is 131 cm³/mol. The van der Waals surface area contributed by atoms with Crippen molar-refractivity contribution in [3.8, 4) is 0 Å². The van der Waals surface area contributed by atoms with Crippen molar-refractivity contribution in [1.29, 1.82) is 0 Å². The van der Waals surface area contributed by atoms with Gasteiger partial charge in [0.1, 0.15) is 4.83 Å². The maximum absolute atomic E-state index is 13.4. The highest BCUT2D eigenvalue weighted by Crippen LogP contribution is 2.35. The summed E-state index contributed by atoms with van der Waals surface area (Å²) in [6.45, 7) is 2.77. The second kappa shape index (κ2) is 9.85. The predicted octanol–water partition coefficient (Wildman–Crippen LogP) is 3.26. The minimum Gasteiger partial charge on any atom is -0.341 e. The molecule has 3 heterocycles. The normalized spacial score (nSPS) is 19.5. The van der Waals surface area contributed by atoms with Gasteiger partial charge in [0, 0.05) is 24.5 Å². The lowest BCUT2D eigenvalue weighted by Gasteiger charge is -2.23. The van der Waals surface area contributed by atoms with Gasteiger partial charge >= 0.3 is 0 Å². The first-order chi connectivity index (χ1) is 15.3. The fourth-order valence-corrected chi connectivity index (χ4v) is 8.60. The monoisotopic (exact) mass is 497 g/mol. The van der Waals surface area contributed by atoms with Crippen LogP contribution in [0.15, 0.2) is 9.95 Å². The van der Waals surface area contributed by atoms with Gasteiger partial charge in [0.2, 0.25) is 5.91 Å². The van der Waals surface area contributed by atoms with E-state index in [4.69, 9.17) is 4.98 Å². The molecule has 0 radical (unpaired) electrons. The molecule has 1 atom stereocenters. The molecular formula is C22H31N3O4S3. The second-order valence-electron chi connectivity index (χ2n) is 8.80. The smallest absolute Gasteiger partial charge is 0.263 e. The first-order valence-electron chi connectivity index (χ1n) is 11.4. The summed E-state index contributed by atoms with van der Waals surface area (Å²) < 4.78 is 25.3. The van der Waals surface area contributed by atoms with Crippen molar-refractivity contribution in [2.45, 2.75) is 76.0 Å². The zero-order valence-electron chi connectivity index (χ0n) is 18.8. The highest BCUT2D eigenvalue weighted by molar-refractivity contribution is 7.99. The number of unbranched alkanes of at least 4 members (excludes halogenated alkanes) is 3. The molecule has 1 unspecified atom stereocenters. The number of carbonyl (C=O) groups excluding carboxylic acids is 1. The van der Waals surface area contributed by atoms with Crippen molar-refractivity contribution in [2.75, 3.05) is 24.3 Å². The summed E-state index contributed by atoms with van der Waals surface area (Å²) in [7, 11) is -1.38. The molecule has 0 bridgehead atoms. The quantitative estimate of drug-likeness (QED) is 0.300. The third-order valence-electron chi connectivity index (χ3n) is 6.50. The summed E-state index contributed by atoms with van der Waals surface area (Å²) in [5, 5.41) is 1.38. The Bertz CT molecular complexity index is 1170. The van der Waals surface area contributed by atoms with Crippen molar-refractivity contribution in [3.05, 3.63) is 20.8 Å². The van der Waals surface area contributed by atoms with Gasteiger partial charge in [-0.1, -0.05) is 37.9 Å². The highest BCUT2D eigenvalue weighted by Gasteiger charge is 2.33. The van der Waals surface area contributed by atoms with E-state index in [1.54, 1.807) is 27.9 Å². The molecule has 1 aliphatic heterocycles. The summed E-state index contributed by atoms with van der Waals surface area (Å²) in [5.41, 5.74) is 1.20. The molecule has 2 aromatic heterocycles. The maximum Gasteiger partial charge on any atom is 0.263 e. The van der Waals surface area contributed by atoms with Gasteiger partial charge < -0.3 is 4.90 Å². The number of thioether (sulfide) groups is 1. The number of thiophene rings is 1. The van der Waals surface area contributed by atoms with Gasteiger partial charge in [-0.05, 0) is 37.7 Å². The molecule has 176 valence electrons. The van der Waals surface area contributed by atoms with Gasteiger partial charge in [-0.2, -0.15) is 0 Å². The van der Waals surface area contributed by atoms with Crippen molar-refractivity contribution in [2.24, 2.45) is 0 Å². The maximum atomic E-state index is 13.4. The summed E-state index contributed by atoms with van der Waals surface area (Å²) in [5.74, 6) is 0.191. The van der Waals surface area contributed by atoms with Crippen LogP contribution in [0.2, 0.25) is 0 Å². The van der Waals surface area contributed by atoms with Crippen LogP contribution in [-0.4, -0.2) is 59.1 Å². The summed E-state index contributed by atoms with van der Waals surface area (Å²) in [6, 6.07) is -0.264. The Morgan fingerprint density at radius 3 is 2.81 bits per heavy atom. The van der Waals surface area contributed by atoms with Crippen molar-refractivity contribution in [3.63, 3.8) is 0 Å². The van der Waals surface area contributed by atoms with Gasteiger partial charge in [0.15, 0.2) is 15.0 Å². The van der Waals surface area contributed by atoms with Crippen molar-refractivity contribution in [1.82, 2.24) is 14.5 Å². The lowest BCUT2D eigenvalue weighted by atomic mass is 10.2. The Morgan fingerprint density at radius 2 is 2.09 bits per heavy atom. The number of aromatic nitrogens is 2. The number of hydrogen-bond acceptors (Lipinski definition) is 7. The fraction of sp³-hybridized carbons (Fsp3) is 0.682. The zero-order chi connectivity index (χ0) is 22.9. The first kappa shape index (κ1) is 23.8. The number of hydrogen-bond donors (Lipinski definition) is 0. The number of carbonyl (C=O) groups is 1. The minimum atomic E-state index is -3.05. The molecular weight excluding hydrogens is 466 g/mol. The van der Waals surface area contributed by atoms with E-state index in [1.807, 2.05) is 0 Å². The van der Waals surface area contributed by atoms with E-state index in [0.29, 0.717) is 18.1 Å². The molecule has 0 N–H and O–H groups in total. The number of sulfone groups is 1. The molecule has 4 rings (SSSR count). The van der Waals surface area contributed by atoms with Gasteiger partial charge in [0.25, 0.3) is 5.56 Å². The van der Waals surface area contributed by atoms with Crippen LogP contribution in [0.25, 0.3) is 10.2 Å². The van der Waals surface area contributed by atoms with E-state index in [-0.39, 0.29) is 34.8 Å². The zero-order valence-corrected chi connectivity index (χ0v) is 21.2. The largest absolute Gasteiger partial charge is 0.341 e. The van der Waals surface area contributed by atoms with Crippen LogP contribution in [0.1, 0.15) is 55.9 Å². The first-order valence-corrected chi connectivity index (χ1v) is 15.1. The Balaban J connectivity index is 1.55. The van der Waals surface area contributed by atoms with Gasteiger partial charge in [0.05, 0.1) is 22.6 Å². The number of nitrogens with zero attached hydrogens (tertiary/aromatic N) is 3. The van der Waals surface area contributed by atoms with Crippen LogP contribution < -0.4 is 5.56 Å². The molecule has 0 spiro atoms. The fourth-order valence-electron chi connectivity index (χ4n) is 4.57. The average Bonchev–Trinajstić information content (AvgIpc) is 3.44. The summed E-state index contributed by atoms with van der Waals surface area (Å²) >= 11 is 2.91. The standard InChI is InChI=1S/C22H31N3O4S3/c1-3-4-5-6-11-25-21(27)19-16-8-7-9-17(16)31-20(19)23-22(25)30-13-18(26)24(2)15-10-12-32(28,29)14-15/h15H,3-14H2,1-2H3. The Kier molecular flexibility index (Phi) is 7.31. The Morgan fingerprint density at radius 1 is 1.28 bits per heavy atom. The van der Waals surface area contributed by atoms with E-state index in [9.17, 15) is 18.0 Å². The molecule has 1 amide bonds. The van der Waals surface area contributed by atoms with Crippen LogP contribution in [0.3, 0.4) is 0 Å². The molecule has 10 heteroatoms. The molecule has 32 heavy (non-hydrogen) atoms. The molecule has 7 nitrogen and oxygen atoms in total. The lowest BCUT2D eigenvalue weighted by Crippen LogP contribution is -2.39. The van der Waals surface area contributed by atoms with Gasteiger partial charge in [-0.3, -0.25) is 14.2 Å². The summed E-state index contributed by atoms with van der Waals surface area (Å²) in [6.07, 6.45) is 7.78. The van der Waals surface area contributed by atoms with Crippen molar-refractivity contribution >= 4 is 49.1 Å².